The zero-order valence-electron chi connectivity index (χ0n) is 19.1. The molecule has 0 saturated carbocycles. The summed E-state index contributed by atoms with van der Waals surface area (Å²) in [5.41, 5.74) is 5.16. The average Bonchev–Trinajstić information content (AvgIpc) is 3.19. The van der Waals surface area contributed by atoms with E-state index in [1.54, 1.807) is 50.2 Å². The molecule has 2 N–H and O–H groups in total. The Kier molecular flexibility index (Phi) is 7.17. The van der Waals surface area contributed by atoms with Gasteiger partial charge in [-0.1, -0.05) is 77.4 Å². The smallest absolute Gasteiger partial charge is 0.412 e. The molecule has 0 aliphatic rings. The van der Waals surface area contributed by atoms with Crippen LogP contribution in [0.2, 0.25) is 5.02 Å². The number of aromatic nitrogens is 1. The van der Waals surface area contributed by atoms with Gasteiger partial charge in [0.1, 0.15) is 17.5 Å². The third kappa shape index (κ3) is 5.88. The van der Waals surface area contributed by atoms with Crippen LogP contribution >= 0.6 is 11.6 Å². The molecule has 1 heterocycles. The van der Waals surface area contributed by atoms with Crippen molar-refractivity contribution in [3.05, 3.63) is 94.6 Å². The second-order valence-corrected chi connectivity index (χ2v) is 8.48. The number of carbonyl (C=O) groups excluding carboxylic acids is 1. The fraction of sp³-hybridized carbons (Fsp3) is 0.148. The Hall–Kier alpha value is -4.10. The van der Waals surface area contributed by atoms with Gasteiger partial charge in [-0.25, -0.2) is 4.79 Å². The molecule has 7 nitrogen and oxygen atoms in total. The Labute approximate surface area is 207 Å². The number of benzene rings is 3. The summed E-state index contributed by atoms with van der Waals surface area (Å²) < 4.78 is 11.0. The number of aryl methyl sites for hydroxylation is 1. The monoisotopic (exact) mass is 490 g/mol. The first kappa shape index (κ1) is 24.0. The molecule has 3 aromatic carbocycles. The number of anilines is 1. The van der Waals surface area contributed by atoms with Gasteiger partial charge in [0.05, 0.1) is 6.42 Å². The van der Waals surface area contributed by atoms with E-state index < -0.39 is 18.2 Å². The van der Waals surface area contributed by atoms with E-state index in [0.717, 1.165) is 27.8 Å². The third-order valence-electron chi connectivity index (χ3n) is 5.50. The Bertz CT molecular complexity index is 1330. The van der Waals surface area contributed by atoms with E-state index in [1.807, 2.05) is 36.4 Å². The number of carbonyl (C=O) groups is 2. The molecule has 0 bridgehead atoms. The van der Waals surface area contributed by atoms with Gasteiger partial charge in [-0.2, -0.15) is 0 Å². The summed E-state index contributed by atoms with van der Waals surface area (Å²) in [5.74, 6) is -0.445. The van der Waals surface area contributed by atoms with Crippen molar-refractivity contribution >= 4 is 29.4 Å². The van der Waals surface area contributed by atoms with E-state index in [2.05, 4.69) is 10.5 Å². The largest absolute Gasteiger partial charge is 0.481 e. The molecule has 1 unspecified atom stereocenters. The molecule has 4 aromatic rings. The zero-order valence-corrected chi connectivity index (χ0v) is 19.9. The van der Waals surface area contributed by atoms with Crippen molar-refractivity contribution in [1.82, 2.24) is 5.16 Å². The molecule has 1 aromatic heterocycles. The van der Waals surface area contributed by atoms with E-state index in [-0.39, 0.29) is 6.42 Å². The molecular weight excluding hydrogens is 468 g/mol. The molecule has 1 amide bonds. The first-order valence-electron chi connectivity index (χ1n) is 10.9. The maximum atomic E-state index is 12.6. The first-order chi connectivity index (χ1) is 16.8. The van der Waals surface area contributed by atoms with Gasteiger partial charge in [-0.3, -0.25) is 10.1 Å². The second-order valence-electron chi connectivity index (χ2n) is 8.04. The van der Waals surface area contributed by atoms with Crippen LogP contribution < -0.4 is 5.32 Å². The van der Waals surface area contributed by atoms with Crippen LogP contribution in [0.3, 0.4) is 0 Å². The van der Waals surface area contributed by atoms with Crippen molar-refractivity contribution in [2.24, 2.45) is 0 Å². The summed E-state index contributed by atoms with van der Waals surface area (Å²) >= 11 is 5.92. The normalized spacial score (nSPS) is 11.6. The number of aliphatic carboxylic acids is 1. The van der Waals surface area contributed by atoms with E-state index in [9.17, 15) is 9.59 Å². The molecule has 178 valence electrons. The number of ether oxygens (including phenoxy) is 1. The molecule has 0 aliphatic heterocycles. The van der Waals surface area contributed by atoms with Gasteiger partial charge in [0, 0.05) is 10.6 Å². The van der Waals surface area contributed by atoms with Crippen molar-refractivity contribution in [2.45, 2.75) is 26.4 Å². The standard InChI is InChI=1S/C27H23ClN2O5/c1-16-25(29-27(33)34-17(2)19-11-13-23(28)14-12-19)26(35-30-16)22-9-7-21(8-10-22)20-5-3-18(4-6-20)15-24(31)32/h3-14,17H,15H2,1-2H3,(H,29,33)(H,31,32). The SMILES string of the molecule is Cc1noc(-c2ccc(-c3ccc(CC(=O)O)cc3)cc2)c1NC(=O)OC(C)c1ccc(Cl)cc1. The molecule has 0 radical (unpaired) electrons. The van der Waals surface area contributed by atoms with Crippen LogP contribution in [0.25, 0.3) is 22.5 Å². The number of hydrogen-bond donors (Lipinski definition) is 2. The predicted molar refractivity (Wildman–Crippen MR) is 133 cm³/mol. The van der Waals surface area contributed by atoms with Crippen molar-refractivity contribution in [2.75, 3.05) is 5.32 Å². The summed E-state index contributed by atoms with van der Waals surface area (Å²) in [4.78, 5) is 23.4. The van der Waals surface area contributed by atoms with Crippen molar-refractivity contribution in [1.29, 1.82) is 0 Å². The minimum absolute atomic E-state index is 0.0131. The van der Waals surface area contributed by atoms with Crippen LogP contribution in [0, 0.1) is 6.92 Å². The summed E-state index contributed by atoms with van der Waals surface area (Å²) in [5, 5.41) is 16.3. The number of halogens is 1. The number of hydrogen-bond acceptors (Lipinski definition) is 5. The van der Waals surface area contributed by atoms with E-state index >= 15 is 0 Å². The molecule has 4 rings (SSSR count). The van der Waals surface area contributed by atoms with E-state index in [0.29, 0.717) is 22.2 Å². The topological polar surface area (TPSA) is 102 Å². The molecule has 35 heavy (non-hydrogen) atoms. The lowest BCUT2D eigenvalue weighted by Gasteiger charge is -2.14. The van der Waals surface area contributed by atoms with E-state index in [4.69, 9.17) is 26.0 Å². The van der Waals surface area contributed by atoms with Crippen molar-refractivity contribution in [3.63, 3.8) is 0 Å². The highest BCUT2D eigenvalue weighted by Crippen LogP contribution is 2.33. The van der Waals surface area contributed by atoms with Crippen LogP contribution in [-0.2, 0) is 16.0 Å². The zero-order chi connectivity index (χ0) is 24.9. The summed E-state index contributed by atoms with van der Waals surface area (Å²) in [6.07, 6.45) is -1.11. The summed E-state index contributed by atoms with van der Waals surface area (Å²) in [6.45, 7) is 3.51. The molecule has 0 saturated heterocycles. The summed E-state index contributed by atoms with van der Waals surface area (Å²) in [6, 6.07) is 22.0. The lowest BCUT2D eigenvalue weighted by atomic mass is 10.0. The highest BCUT2D eigenvalue weighted by Gasteiger charge is 2.20. The number of nitrogens with zero attached hydrogens (tertiary/aromatic N) is 1. The number of carboxylic acids is 1. The number of rotatable bonds is 7. The van der Waals surface area contributed by atoms with Gasteiger partial charge < -0.3 is 14.4 Å². The highest BCUT2D eigenvalue weighted by atomic mass is 35.5. The average molecular weight is 491 g/mol. The maximum absolute atomic E-state index is 12.6. The number of amides is 1. The van der Waals surface area contributed by atoms with Crippen LogP contribution in [0.4, 0.5) is 10.5 Å². The summed E-state index contributed by atoms with van der Waals surface area (Å²) in [7, 11) is 0. The molecule has 0 fully saturated rings. The first-order valence-corrected chi connectivity index (χ1v) is 11.3. The predicted octanol–water partition coefficient (Wildman–Crippen LogP) is 6.91. The number of nitrogens with one attached hydrogen (secondary N) is 1. The molecule has 0 spiro atoms. The molecule has 8 heteroatoms. The Balaban J connectivity index is 1.47. The second kappa shape index (κ2) is 10.4. The molecule has 1 atom stereocenters. The quantitative estimate of drug-likeness (QED) is 0.292. The van der Waals surface area contributed by atoms with Gasteiger partial charge >= 0.3 is 12.1 Å². The fourth-order valence-electron chi connectivity index (χ4n) is 3.61. The van der Waals surface area contributed by atoms with Gasteiger partial charge in [-0.15, -0.1) is 0 Å². The van der Waals surface area contributed by atoms with Gasteiger partial charge in [0.25, 0.3) is 0 Å². The lowest BCUT2D eigenvalue weighted by Crippen LogP contribution is -2.16. The van der Waals surface area contributed by atoms with Crippen LogP contribution in [-0.4, -0.2) is 22.3 Å². The molecular formula is C27H23ClN2O5. The van der Waals surface area contributed by atoms with Crippen molar-refractivity contribution in [3.8, 4) is 22.5 Å². The van der Waals surface area contributed by atoms with Crippen LogP contribution in [0.5, 0.6) is 0 Å². The Morgan fingerprint density at radius 3 is 2.14 bits per heavy atom. The molecule has 0 aliphatic carbocycles. The highest BCUT2D eigenvalue weighted by molar-refractivity contribution is 6.30. The third-order valence-corrected chi connectivity index (χ3v) is 5.75. The fourth-order valence-corrected chi connectivity index (χ4v) is 3.74. The van der Waals surface area contributed by atoms with Crippen LogP contribution in [0.15, 0.2) is 77.3 Å². The van der Waals surface area contributed by atoms with Crippen molar-refractivity contribution < 1.29 is 24.0 Å². The van der Waals surface area contributed by atoms with Crippen LogP contribution in [0.1, 0.15) is 29.8 Å². The maximum Gasteiger partial charge on any atom is 0.412 e. The Morgan fingerprint density at radius 2 is 1.54 bits per heavy atom. The van der Waals surface area contributed by atoms with Gasteiger partial charge in [-0.05, 0) is 48.2 Å². The Morgan fingerprint density at radius 1 is 0.971 bits per heavy atom. The number of carboxylic acid groups (broad SMARTS) is 1. The van der Waals surface area contributed by atoms with Gasteiger partial charge in [0.2, 0.25) is 0 Å². The van der Waals surface area contributed by atoms with E-state index in [1.165, 1.54) is 0 Å². The minimum Gasteiger partial charge on any atom is -0.481 e. The minimum atomic E-state index is -0.864. The van der Waals surface area contributed by atoms with Gasteiger partial charge in [0.15, 0.2) is 5.76 Å². The lowest BCUT2D eigenvalue weighted by molar-refractivity contribution is -0.136.